The summed E-state index contributed by atoms with van der Waals surface area (Å²) in [7, 11) is 1.56. The summed E-state index contributed by atoms with van der Waals surface area (Å²) >= 11 is 15.8. The Balaban J connectivity index is 2.23. The maximum Gasteiger partial charge on any atom is 0.180 e. The summed E-state index contributed by atoms with van der Waals surface area (Å²) in [5.41, 5.74) is 7.36. The first kappa shape index (κ1) is 16.4. The number of ether oxygens (including phenoxy) is 2. The molecule has 0 saturated carbocycles. The van der Waals surface area contributed by atoms with Crippen LogP contribution in [0, 0.1) is 0 Å². The first-order chi connectivity index (χ1) is 10.0. The molecule has 0 bridgehead atoms. The van der Waals surface area contributed by atoms with E-state index in [2.05, 4.69) is 15.9 Å². The lowest BCUT2D eigenvalue weighted by Crippen LogP contribution is -2.02. The molecule has 2 rings (SSSR count). The van der Waals surface area contributed by atoms with Gasteiger partial charge in [-0.25, -0.2) is 0 Å². The van der Waals surface area contributed by atoms with E-state index in [9.17, 15) is 0 Å². The lowest BCUT2D eigenvalue weighted by Gasteiger charge is -2.14. The summed E-state index contributed by atoms with van der Waals surface area (Å²) in [6.45, 7) is 0.680. The minimum atomic E-state index is 0.296. The Kier molecular flexibility index (Phi) is 5.76. The van der Waals surface area contributed by atoms with Crippen LogP contribution in [0.5, 0.6) is 11.5 Å². The SMILES string of the molecule is COc1cc(CN)cc(Cl)c1OCc1ccc(Br)cc1Cl. The fourth-order valence-corrected chi connectivity index (χ4v) is 2.84. The van der Waals surface area contributed by atoms with Gasteiger partial charge in [-0.1, -0.05) is 45.2 Å². The van der Waals surface area contributed by atoms with E-state index in [1.807, 2.05) is 24.3 Å². The molecule has 0 aliphatic carbocycles. The Morgan fingerprint density at radius 2 is 1.90 bits per heavy atom. The second kappa shape index (κ2) is 7.36. The molecule has 0 aliphatic rings. The summed E-state index contributed by atoms with van der Waals surface area (Å²) in [5, 5.41) is 1.08. The van der Waals surface area contributed by atoms with Crippen molar-refractivity contribution in [2.24, 2.45) is 5.73 Å². The molecule has 0 fully saturated rings. The standard InChI is InChI=1S/C15H14BrCl2NO2/c1-20-14-5-9(7-19)4-13(18)15(14)21-8-10-2-3-11(16)6-12(10)17/h2-6H,7-8,19H2,1H3. The maximum atomic E-state index is 6.22. The molecule has 0 spiro atoms. The van der Waals surface area contributed by atoms with Crippen molar-refractivity contribution in [1.82, 2.24) is 0 Å². The zero-order chi connectivity index (χ0) is 15.4. The highest BCUT2D eigenvalue weighted by atomic mass is 79.9. The van der Waals surface area contributed by atoms with Crippen LogP contribution in [-0.4, -0.2) is 7.11 Å². The largest absolute Gasteiger partial charge is 0.493 e. The zero-order valence-corrected chi connectivity index (χ0v) is 14.4. The van der Waals surface area contributed by atoms with E-state index in [1.54, 1.807) is 13.2 Å². The molecule has 0 aliphatic heterocycles. The first-order valence-corrected chi connectivity index (χ1v) is 7.73. The normalized spacial score (nSPS) is 10.5. The number of halogens is 3. The van der Waals surface area contributed by atoms with Crippen LogP contribution >= 0.6 is 39.1 Å². The fourth-order valence-electron chi connectivity index (χ4n) is 1.82. The van der Waals surface area contributed by atoms with Crippen LogP contribution in [0.1, 0.15) is 11.1 Å². The minimum absolute atomic E-state index is 0.296. The summed E-state index contributed by atoms with van der Waals surface area (Å²) in [6.07, 6.45) is 0. The summed E-state index contributed by atoms with van der Waals surface area (Å²) in [5.74, 6) is 1.03. The van der Waals surface area contributed by atoms with Crippen LogP contribution in [0.2, 0.25) is 10.0 Å². The molecule has 21 heavy (non-hydrogen) atoms. The molecule has 3 nitrogen and oxygen atoms in total. The number of hydrogen-bond donors (Lipinski definition) is 1. The molecule has 0 saturated heterocycles. The molecule has 2 aromatic rings. The Morgan fingerprint density at radius 1 is 1.14 bits per heavy atom. The molecule has 0 atom stereocenters. The van der Waals surface area contributed by atoms with Crippen LogP contribution in [-0.2, 0) is 13.2 Å². The lowest BCUT2D eigenvalue weighted by molar-refractivity contribution is 0.284. The van der Waals surface area contributed by atoms with Crippen LogP contribution in [0.25, 0.3) is 0 Å². The Bertz CT molecular complexity index is 650. The van der Waals surface area contributed by atoms with E-state index >= 15 is 0 Å². The average Bonchev–Trinajstić information content (AvgIpc) is 2.46. The third kappa shape index (κ3) is 4.04. The Morgan fingerprint density at radius 3 is 2.52 bits per heavy atom. The van der Waals surface area contributed by atoms with Gasteiger partial charge in [0.1, 0.15) is 6.61 Å². The van der Waals surface area contributed by atoms with E-state index in [1.165, 1.54) is 0 Å². The molecule has 0 unspecified atom stereocenters. The van der Waals surface area contributed by atoms with Crippen LogP contribution in [0.4, 0.5) is 0 Å². The molecule has 0 amide bonds. The van der Waals surface area contributed by atoms with E-state index in [0.717, 1.165) is 15.6 Å². The molecular formula is C15H14BrCl2NO2. The number of hydrogen-bond acceptors (Lipinski definition) is 3. The van der Waals surface area contributed by atoms with Crippen molar-refractivity contribution in [3.05, 3.63) is 56.0 Å². The zero-order valence-electron chi connectivity index (χ0n) is 11.3. The van der Waals surface area contributed by atoms with Crippen molar-refractivity contribution < 1.29 is 9.47 Å². The van der Waals surface area contributed by atoms with E-state index in [4.69, 9.17) is 38.4 Å². The van der Waals surface area contributed by atoms with Gasteiger partial charge in [0.15, 0.2) is 11.5 Å². The highest BCUT2D eigenvalue weighted by Crippen LogP contribution is 2.37. The van der Waals surface area contributed by atoms with Crippen molar-refractivity contribution in [3.63, 3.8) is 0 Å². The Labute approximate surface area is 142 Å². The van der Waals surface area contributed by atoms with Gasteiger partial charge in [-0.3, -0.25) is 0 Å². The molecular weight excluding hydrogens is 377 g/mol. The molecule has 0 radical (unpaired) electrons. The van der Waals surface area contributed by atoms with Crippen molar-refractivity contribution >= 4 is 39.1 Å². The highest BCUT2D eigenvalue weighted by Gasteiger charge is 2.12. The minimum Gasteiger partial charge on any atom is -0.493 e. The topological polar surface area (TPSA) is 44.5 Å². The monoisotopic (exact) mass is 389 g/mol. The second-order valence-corrected chi connectivity index (χ2v) is 6.07. The number of methoxy groups -OCH3 is 1. The second-order valence-electron chi connectivity index (χ2n) is 4.34. The van der Waals surface area contributed by atoms with Gasteiger partial charge in [-0.15, -0.1) is 0 Å². The summed E-state index contributed by atoms with van der Waals surface area (Å²) in [6, 6.07) is 9.19. The van der Waals surface area contributed by atoms with Gasteiger partial charge in [-0.2, -0.15) is 0 Å². The van der Waals surface area contributed by atoms with Gasteiger partial charge < -0.3 is 15.2 Å². The van der Waals surface area contributed by atoms with E-state index in [-0.39, 0.29) is 0 Å². The average molecular weight is 391 g/mol. The quantitative estimate of drug-likeness (QED) is 0.797. The van der Waals surface area contributed by atoms with Gasteiger partial charge in [0.25, 0.3) is 0 Å². The molecule has 0 heterocycles. The van der Waals surface area contributed by atoms with Gasteiger partial charge in [0.05, 0.1) is 12.1 Å². The number of nitrogens with two attached hydrogens (primary N) is 1. The van der Waals surface area contributed by atoms with Crippen molar-refractivity contribution in [3.8, 4) is 11.5 Å². The smallest absolute Gasteiger partial charge is 0.180 e. The van der Waals surface area contributed by atoms with Gasteiger partial charge >= 0.3 is 0 Å². The van der Waals surface area contributed by atoms with Crippen molar-refractivity contribution in [2.75, 3.05) is 7.11 Å². The first-order valence-electron chi connectivity index (χ1n) is 6.18. The lowest BCUT2D eigenvalue weighted by atomic mass is 10.2. The summed E-state index contributed by atoms with van der Waals surface area (Å²) < 4.78 is 12.0. The summed E-state index contributed by atoms with van der Waals surface area (Å²) in [4.78, 5) is 0. The third-order valence-electron chi connectivity index (χ3n) is 2.91. The fraction of sp³-hybridized carbons (Fsp3) is 0.200. The number of rotatable bonds is 5. The van der Waals surface area contributed by atoms with Crippen LogP contribution in [0.3, 0.4) is 0 Å². The molecule has 112 valence electrons. The Hall–Kier alpha value is -0.940. The van der Waals surface area contributed by atoms with E-state index in [0.29, 0.717) is 34.7 Å². The third-order valence-corrected chi connectivity index (χ3v) is 4.04. The highest BCUT2D eigenvalue weighted by molar-refractivity contribution is 9.10. The molecule has 2 aromatic carbocycles. The number of benzene rings is 2. The molecule has 0 aromatic heterocycles. The van der Waals surface area contributed by atoms with E-state index < -0.39 is 0 Å². The predicted octanol–water partition coefficient (Wildman–Crippen LogP) is 4.80. The predicted molar refractivity (Wildman–Crippen MR) is 89.4 cm³/mol. The molecule has 2 N–H and O–H groups in total. The van der Waals surface area contributed by atoms with Crippen LogP contribution in [0.15, 0.2) is 34.8 Å². The van der Waals surface area contributed by atoms with Crippen LogP contribution < -0.4 is 15.2 Å². The maximum absolute atomic E-state index is 6.22. The van der Waals surface area contributed by atoms with Crippen molar-refractivity contribution in [2.45, 2.75) is 13.2 Å². The van der Waals surface area contributed by atoms with Gasteiger partial charge in [0, 0.05) is 21.6 Å². The van der Waals surface area contributed by atoms with Crippen molar-refractivity contribution in [1.29, 1.82) is 0 Å². The van der Waals surface area contributed by atoms with Gasteiger partial charge in [-0.05, 0) is 29.8 Å². The van der Waals surface area contributed by atoms with Gasteiger partial charge in [0.2, 0.25) is 0 Å². The molecule has 6 heteroatoms.